The van der Waals surface area contributed by atoms with Crippen LogP contribution in [-0.4, -0.2) is 22.4 Å². The number of ether oxygens (including phenoxy) is 1. The SMILES string of the molecule is C#C/C=C/C[C@@H]1O[C@H]([C@H](Br)CC)C/C=C\CC1Cl. The smallest absolute Gasteiger partial charge is 0.0780 e. The Morgan fingerprint density at radius 3 is 2.94 bits per heavy atom. The maximum Gasteiger partial charge on any atom is 0.0780 e. The Balaban J connectivity index is 2.69. The summed E-state index contributed by atoms with van der Waals surface area (Å²) in [5, 5.41) is 0.00281. The Morgan fingerprint density at radius 2 is 2.28 bits per heavy atom. The lowest BCUT2D eigenvalue weighted by Crippen LogP contribution is -2.34. The van der Waals surface area contributed by atoms with E-state index < -0.39 is 0 Å². The van der Waals surface area contributed by atoms with Crippen LogP contribution >= 0.6 is 27.5 Å². The molecule has 0 saturated heterocycles. The van der Waals surface area contributed by atoms with Gasteiger partial charge in [0.05, 0.1) is 17.6 Å². The van der Waals surface area contributed by atoms with Crippen LogP contribution in [0.1, 0.15) is 32.6 Å². The third-order valence-electron chi connectivity index (χ3n) is 3.03. The van der Waals surface area contributed by atoms with Crippen LogP contribution in [0.3, 0.4) is 0 Å². The highest BCUT2D eigenvalue weighted by Gasteiger charge is 2.26. The molecule has 1 aliphatic rings. The van der Waals surface area contributed by atoms with Gasteiger partial charge in [-0.05, 0) is 31.8 Å². The van der Waals surface area contributed by atoms with Gasteiger partial charge in [-0.3, -0.25) is 0 Å². The largest absolute Gasteiger partial charge is 0.372 e. The van der Waals surface area contributed by atoms with Gasteiger partial charge in [-0.2, -0.15) is 0 Å². The molecule has 1 nitrogen and oxygen atoms in total. The average Bonchev–Trinajstić information content (AvgIpc) is 2.37. The van der Waals surface area contributed by atoms with E-state index in [-0.39, 0.29) is 17.6 Å². The van der Waals surface area contributed by atoms with Gasteiger partial charge < -0.3 is 4.74 Å². The first-order valence-corrected chi connectivity index (χ1v) is 7.74. The number of rotatable bonds is 4. The predicted octanol–water partition coefficient (Wildman–Crippen LogP) is 4.45. The van der Waals surface area contributed by atoms with Gasteiger partial charge in [-0.25, -0.2) is 0 Å². The van der Waals surface area contributed by atoms with Crippen LogP contribution in [0, 0.1) is 12.3 Å². The van der Waals surface area contributed by atoms with Gasteiger partial charge in [-0.15, -0.1) is 18.0 Å². The molecule has 3 heteroatoms. The maximum absolute atomic E-state index is 6.37. The monoisotopic (exact) mass is 330 g/mol. The Morgan fingerprint density at radius 1 is 1.56 bits per heavy atom. The van der Waals surface area contributed by atoms with Crippen molar-refractivity contribution < 1.29 is 4.74 Å². The van der Waals surface area contributed by atoms with E-state index in [0.717, 1.165) is 25.7 Å². The first-order valence-electron chi connectivity index (χ1n) is 6.38. The molecule has 0 spiro atoms. The van der Waals surface area contributed by atoms with Crippen LogP contribution in [0.5, 0.6) is 0 Å². The third-order valence-corrected chi connectivity index (χ3v) is 4.72. The van der Waals surface area contributed by atoms with Gasteiger partial charge in [0.25, 0.3) is 0 Å². The van der Waals surface area contributed by atoms with E-state index in [1.165, 1.54) is 0 Å². The second-order valence-corrected chi connectivity index (χ2v) is 6.14. The summed E-state index contributed by atoms with van der Waals surface area (Å²) >= 11 is 10.1. The Kier molecular flexibility index (Phi) is 7.74. The summed E-state index contributed by atoms with van der Waals surface area (Å²) in [4.78, 5) is 0.364. The molecule has 1 aliphatic heterocycles. The van der Waals surface area contributed by atoms with Crippen molar-refractivity contribution in [2.75, 3.05) is 0 Å². The predicted molar refractivity (Wildman–Crippen MR) is 82.3 cm³/mol. The normalized spacial score (nSPS) is 32.4. The lowest BCUT2D eigenvalue weighted by atomic mass is 10.0. The highest BCUT2D eigenvalue weighted by atomic mass is 79.9. The molecule has 0 amide bonds. The number of hydrogen-bond acceptors (Lipinski definition) is 1. The molecule has 0 radical (unpaired) electrons. The van der Waals surface area contributed by atoms with Crippen molar-refractivity contribution in [2.45, 2.75) is 55.0 Å². The van der Waals surface area contributed by atoms with E-state index in [9.17, 15) is 0 Å². The molecule has 0 N–H and O–H groups in total. The Labute approximate surface area is 124 Å². The standard InChI is InChI=1S/C15H20BrClO/c1-3-5-6-11-15-13(17)9-7-8-10-14(18-15)12(16)4-2/h1,5-8,12-15H,4,9-11H2,2H3/b6-5+,8-7-/t12-,13?,14+,15+/m1/s1. The van der Waals surface area contributed by atoms with Crippen molar-refractivity contribution >= 4 is 27.5 Å². The number of hydrogen-bond donors (Lipinski definition) is 0. The Hall–Kier alpha value is -0.230. The molecular weight excluding hydrogens is 312 g/mol. The minimum Gasteiger partial charge on any atom is -0.372 e. The molecule has 1 heterocycles. The van der Waals surface area contributed by atoms with Crippen molar-refractivity contribution in [2.24, 2.45) is 0 Å². The van der Waals surface area contributed by atoms with Crippen molar-refractivity contribution in [1.82, 2.24) is 0 Å². The molecule has 0 fully saturated rings. The van der Waals surface area contributed by atoms with Crippen molar-refractivity contribution in [3.8, 4) is 12.3 Å². The topological polar surface area (TPSA) is 9.23 Å². The molecule has 0 saturated carbocycles. The van der Waals surface area contributed by atoms with Crippen LogP contribution in [-0.2, 0) is 4.74 Å². The molecule has 4 atom stereocenters. The minimum absolute atomic E-state index is 0.00281. The van der Waals surface area contributed by atoms with Crippen molar-refractivity contribution in [3.05, 3.63) is 24.3 Å². The number of alkyl halides is 2. The van der Waals surface area contributed by atoms with Gasteiger partial charge >= 0.3 is 0 Å². The first kappa shape index (κ1) is 15.8. The van der Waals surface area contributed by atoms with E-state index in [0.29, 0.717) is 4.83 Å². The maximum atomic E-state index is 6.37. The molecule has 0 aliphatic carbocycles. The van der Waals surface area contributed by atoms with Gasteiger partial charge in [0.15, 0.2) is 0 Å². The lowest BCUT2D eigenvalue weighted by molar-refractivity contribution is -0.0122. The van der Waals surface area contributed by atoms with Crippen LogP contribution in [0.2, 0.25) is 0 Å². The minimum atomic E-state index is 0.00281. The molecule has 18 heavy (non-hydrogen) atoms. The first-order chi connectivity index (χ1) is 8.69. The summed E-state index contributed by atoms with van der Waals surface area (Å²) in [6.07, 6.45) is 17.0. The Bertz CT molecular complexity index is 332. The number of allylic oxidation sites excluding steroid dienone is 2. The second-order valence-electron chi connectivity index (χ2n) is 4.40. The van der Waals surface area contributed by atoms with Crippen LogP contribution in [0.4, 0.5) is 0 Å². The second kappa shape index (κ2) is 8.80. The average molecular weight is 332 g/mol. The van der Waals surface area contributed by atoms with Crippen LogP contribution in [0.25, 0.3) is 0 Å². The van der Waals surface area contributed by atoms with Crippen LogP contribution < -0.4 is 0 Å². The molecule has 1 rings (SSSR count). The zero-order chi connectivity index (χ0) is 13.4. The molecule has 100 valence electrons. The summed E-state index contributed by atoms with van der Waals surface area (Å²) < 4.78 is 6.15. The molecule has 0 bridgehead atoms. The highest BCUT2D eigenvalue weighted by Crippen LogP contribution is 2.26. The van der Waals surface area contributed by atoms with Gasteiger partial charge in [0.1, 0.15) is 0 Å². The van der Waals surface area contributed by atoms with E-state index in [2.05, 4.69) is 40.9 Å². The number of terminal acetylenes is 1. The summed E-state index contributed by atoms with van der Waals surface area (Å²) in [5.74, 6) is 2.49. The molecule has 0 aromatic carbocycles. The van der Waals surface area contributed by atoms with Crippen molar-refractivity contribution in [3.63, 3.8) is 0 Å². The fourth-order valence-electron chi connectivity index (χ4n) is 1.94. The summed E-state index contributed by atoms with van der Waals surface area (Å²) in [6, 6.07) is 0. The summed E-state index contributed by atoms with van der Waals surface area (Å²) in [7, 11) is 0. The van der Waals surface area contributed by atoms with Crippen molar-refractivity contribution in [1.29, 1.82) is 0 Å². The van der Waals surface area contributed by atoms with Gasteiger partial charge in [0, 0.05) is 4.83 Å². The quantitative estimate of drug-likeness (QED) is 0.420. The van der Waals surface area contributed by atoms with E-state index >= 15 is 0 Å². The summed E-state index contributed by atoms with van der Waals surface area (Å²) in [5.41, 5.74) is 0. The molecular formula is C15H20BrClO. The van der Waals surface area contributed by atoms with Gasteiger partial charge in [-0.1, -0.05) is 47.0 Å². The molecule has 1 unspecified atom stereocenters. The summed E-state index contributed by atoms with van der Waals surface area (Å²) in [6.45, 7) is 2.15. The van der Waals surface area contributed by atoms with Gasteiger partial charge in [0.2, 0.25) is 0 Å². The molecule has 0 aromatic rings. The fraction of sp³-hybridized carbons (Fsp3) is 0.600. The lowest BCUT2D eigenvalue weighted by Gasteiger charge is -2.30. The zero-order valence-corrected chi connectivity index (χ0v) is 13.0. The van der Waals surface area contributed by atoms with Crippen LogP contribution in [0.15, 0.2) is 24.3 Å². The van der Waals surface area contributed by atoms with E-state index in [1.807, 2.05) is 6.08 Å². The highest BCUT2D eigenvalue weighted by molar-refractivity contribution is 9.09. The van der Waals surface area contributed by atoms with E-state index in [1.54, 1.807) is 6.08 Å². The van der Waals surface area contributed by atoms with E-state index in [4.69, 9.17) is 22.8 Å². The molecule has 0 aromatic heterocycles. The fourth-order valence-corrected chi connectivity index (χ4v) is 2.55. The third kappa shape index (κ3) is 5.18. The zero-order valence-electron chi connectivity index (χ0n) is 10.7. The number of halogens is 2.